The molecule has 24 heavy (non-hydrogen) atoms. The molecule has 1 aromatic rings. The Balaban J connectivity index is 2.06. The van der Waals surface area contributed by atoms with E-state index in [1.54, 1.807) is 14.0 Å². The van der Waals surface area contributed by atoms with Crippen molar-refractivity contribution < 1.29 is 19.1 Å². The summed E-state index contributed by atoms with van der Waals surface area (Å²) in [5.41, 5.74) is 2.53. The molecule has 2 atom stereocenters. The van der Waals surface area contributed by atoms with Crippen molar-refractivity contribution in [2.24, 2.45) is 5.92 Å². The summed E-state index contributed by atoms with van der Waals surface area (Å²) in [6.07, 6.45) is 8.26. The zero-order valence-electron chi connectivity index (χ0n) is 13.8. The lowest BCUT2D eigenvalue weighted by Crippen LogP contribution is -2.28. The number of carbonyl (C=O) groups excluding carboxylic acids is 2. The van der Waals surface area contributed by atoms with Gasteiger partial charge in [-0.1, -0.05) is 36.4 Å². The number of ether oxygens (including phenoxy) is 2. The van der Waals surface area contributed by atoms with Crippen LogP contribution in [0.2, 0.25) is 0 Å². The second kappa shape index (κ2) is 6.87. The highest BCUT2D eigenvalue weighted by Gasteiger charge is 2.46. The van der Waals surface area contributed by atoms with Crippen LogP contribution in [0, 0.1) is 5.92 Å². The fourth-order valence-corrected chi connectivity index (χ4v) is 3.35. The topological polar surface area (TPSA) is 52.6 Å². The van der Waals surface area contributed by atoms with Crippen molar-refractivity contribution in [3.63, 3.8) is 0 Å². The molecule has 0 amide bonds. The molecule has 0 unspecified atom stereocenters. The second-order valence-electron chi connectivity index (χ2n) is 5.77. The van der Waals surface area contributed by atoms with E-state index in [2.05, 4.69) is 0 Å². The van der Waals surface area contributed by atoms with Gasteiger partial charge in [-0.25, -0.2) is 0 Å². The third-order valence-corrected chi connectivity index (χ3v) is 4.46. The number of ketones is 1. The van der Waals surface area contributed by atoms with Crippen molar-refractivity contribution in [1.29, 1.82) is 0 Å². The third-order valence-electron chi connectivity index (χ3n) is 4.46. The summed E-state index contributed by atoms with van der Waals surface area (Å²) in [6, 6.07) is 7.51. The number of hydrogen-bond donors (Lipinski definition) is 0. The first-order chi connectivity index (χ1) is 11.7. The lowest BCUT2D eigenvalue weighted by molar-refractivity contribution is -0.150. The number of carbonyl (C=O) groups is 2. The summed E-state index contributed by atoms with van der Waals surface area (Å²) in [6.45, 7) is 2.01. The second-order valence-corrected chi connectivity index (χ2v) is 5.77. The molecule has 0 heterocycles. The van der Waals surface area contributed by atoms with E-state index in [1.807, 2.05) is 48.6 Å². The maximum atomic E-state index is 12.9. The SMILES string of the molecule is CCOC(=O)[C@H]1C(=O)C2=C(C=CC=CC2)[C@@H]1c1ccc(OC)cc1. The minimum atomic E-state index is -0.806. The van der Waals surface area contributed by atoms with Gasteiger partial charge >= 0.3 is 5.97 Å². The van der Waals surface area contributed by atoms with E-state index in [1.165, 1.54) is 0 Å². The maximum Gasteiger partial charge on any atom is 0.317 e. The van der Waals surface area contributed by atoms with Crippen molar-refractivity contribution in [2.75, 3.05) is 13.7 Å². The maximum absolute atomic E-state index is 12.9. The molecule has 0 radical (unpaired) electrons. The Morgan fingerprint density at radius 1 is 1.21 bits per heavy atom. The van der Waals surface area contributed by atoms with Gasteiger partial charge in [0.15, 0.2) is 5.78 Å². The predicted molar refractivity (Wildman–Crippen MR) is 90.8 cm³/mol. The van der Waals surface area contributed by atoms with E-state index in [9.17, 15) is 9.59 Å². The van der Waals surface area contributed by atoms with Crippen molar-refractivity contribution in [1.82, 2.24) is 0 Å². The third kappa shape index (κ3) is 2.80. The van der Waals surface area contributed by atoms with Crippen LogP contribution in [0.15, 0.2) is 59.7 Å². The van der Waals surface area contributed by atoms with Crippen LogP contribution >= 0.6 is 0 Å². The van der Waals surface area contributed by atoms with Crippen molar-refractivity contribution in [2.45, 2.75) is 19.3 Å². The molecule has 2 aliphatic carbocycles. The summed E-state index contributed by atoms with van der Waals surface area (Å²) in [5, 5.41) is 0. The molecule has 0 fully saturated rings. The van der Waals surface area contributed by atoms with E-state index in [-0.39, 0.29) is 18.3 Å². The Labute approximate surface area is 141 Å². The summed E-state index contributed by atoms with van der Waals surface area (Å²) in [4.78, 5) is 25.3. The number of benzene rings is 1. The fraction of sp³-hybridized carbons (Fsp3) is 0.300. The Morgan fingerprint density at radius 3 is 2.62 bits per heavy atom. The van der Waals surface area contributed by atoms with Crippen LogP contribution in [-0.4, -0.2) is 25.5 Å². The van der Waals surface area contributed by atoms with Crippen LogP contribution in [0.25, 0.3) is 0 Å². The van der Waals surface area contributed by atoms with Gasteiger partial charge in [-0.05, 0) is 36.6 Å². The van der Waals surface area contributed by atoms with Crippen molar-refractivity contribution in [3.8, 4) is 5.75 Å². The molecular formula is C20H20O4. The van der Waals surface area contributed by atoms with E-state index < -0.39 is 11.9 Å². The van der Waals surface area contributed by atoms with Crippen LogP contribution in [0.3, 0.4) is 0 Å². The Kier molecular flexibility index (Phi) is 4.65. The van der Waals surface area contributed by atoms with Crippen LogP contribution in [0.4, 0.5) is 0 Å². The van der Waals surface area contributed by atoms with Gasteiger partial charge in [-0.15, -0.1) is 0 Å². The smallest absolute Gasteiger partial charge is 0.317 e. The van der Waals surface area contributed by atoms with Gasteiger partial charge in [-0.2, -0.15) is 0 Å². The molecule has 4 nitrogen and oxygen atoms in total. The minimum absolute atomic E-state index is 0.125. The lowest BCUT2D eigenvalue weighted by atomic mass is 9.84. The lowest BCUT2D eigenvalue weighted by Gasteiger charge is -2.20. The molecular weight excluding hydrogens is 304 g/mol. The summed E-state index contributed by atoms with van der Waals surface area (Å²) in [5.74, 6) is -0.953. The van der Waals surface area contributed by atoms with Crippen LogP contribution in [0.5, 0.6) is 5.75 Å². The summed E-state index contributed by atoms with van der Waals surface area (Å²) >= 11 is 0. The number of esters is 1. The molecule has 0 saturated heterocycles. The van der Waals surface area contributed by atoms with Crippen LogP contribution in [0.1, 0.15) is 24.8 Å². The largest absolute Gasteiger partial charge is 0.497 e. The van der Waals surface area contributed by atoms with Crippen LogP contribution in [-0.2, 0) is 14.3 Å². The Bertz CT molecular complexity index is 737. The van der Waals surface area contributed by atoms with E-state index >= 15 is 0 Å². The van der Waals surface area contributed by atoms with Gasteiger partial charge in [0.1, 0.15) is 11.7 Å². The highest BCUT2D eigenvalue weighted by Crippen LogP contribution is 2.45. The van der Waals surface area contributed by atoms with Crippen LogP contribution < -0.4 is 4.74 Å². The van der Waals surface area contributed by atoms with Gasteiger partial charge in [0.05, 0.1) is 13.7 Å². The number of hydrogen-bond acceptors (Lipinski definition) is 4. The van der Waals surface area contributed by atoms with Gasteiger partial charge in [0.25, 0.3) is 0 Å². The normalized spacial score (nSPS) is 22.3. The molecule has 3 rings (SSSR count). The molecule has 0 saturated carbocycles. The quantitative estimate of drug-likeness (QED) is 0.629. The van der Waals surface area contributed by atoms with Gasteiger partial charge in [0, 0.05) is 11.5 Å². The van der Waals surface area contributed by atoms with E-state index in [4.69, 9.17) is 9.47 Å². The summed E-state index contributed by atoms with van der Waals surface area (Å²) in [7, 11) is 1.61. The molecule has 1 aromatic carbocycles. The average Bonchev–Trinajstić information content (AvgIpc) is 2.76. The predicted octanol–water partition coefficient (Wildman–Crippen LogP) is 3.35. The molecule has 0 aromatic heterocycles. The zero-order chi connectivity index (χ0) is 17.1. The number of rotatable bonds is 4. The first-order valence-electron chi connectivity index (χ1n) is 8.08. The highest BCUT2D eigenvalue weighted by molar-refractivity contribution is 6.13. The fourth-order valence-electron chi connectivity index (χ4n) is 3.35. The standard InChI is InChI=1S/C20H20O4/c1-3-24-20(22)18-17(13-9-11-14(23-2)12-10-13)15-7-5-4-6-8-16(15)19(18)21/h4-7,9-12,17-18H,3,8H2,1-2H3/t17-,18+/m0/s1. The zero-order valence-corrected chi connectivity index (χ0v) is 13.8. The molecule has 0 bridgehead atoms. The molecule has 4 heteroatoms. The van der Waals surface area contributed by atoms with Gasteiger partial charge < -0.3 is 9.47 Å². The highest BCUT2D eigenvalue weighted by atomic mass is 16.5. The average molecular weight is 324 g/mol. The Morgan fingerprint density at radius 2 is 1.96 bits per heavy atom. The first-order valence-corrected chi connectivity index (χ1v) is 8.08. The van der Waals surface area contributed by atoms with E-state index in [0.717, 1.165) is 16.9 Å². The van der Waals surface area contributed by atoms with Crippen molar-refractivity contribution in [3.05, 3.63) is 65.3 Å². The molecule has 0 N–H and O–H groups in total. The minimum Gasteiger partial charge on any atom is -0.497 e. The van der Waals surface area contributed by atoms with E-state index in [0.29, 0.717) is 12.0 Å². The number of methoxy groups -OCH3 is 1. The molecule has 0 aliphatic heterocycles. The number of allylic oxidation sites excluding steroid dienone is 6. The first kappa shape index (κ1) is 16.2. The summed E-state index contributed by atoms with van der Waals surface area (Å²) < 4.78 is 10.4. The van der Waals surface area contributed by atoms with Crippen molar-refractivity contribution >= 4 is 11.8 Å². The molecule has 2 aliphatic rings. The number of Topliss-reactive ketones (excluding diaryl/α,β-unsaturated/α-hetero) is 1. The molecule has 124 valence electrons. The molecule has 0 spiro atoms. The van der Waals surface area contributed by atoms with Gasteiger partial charge in [-0.3, -0.25) is 9.59 Å². The monoisotopic (exact) mass is 324 g/mol. The van der Waals surface area contributed by atoms with Gasteiger partial charge in [0.2, 0.25) is 0 Å². The Hall–Kier alpha value is -2.62.